The van der Waals surface area contributed by atoms with Gasteiger partial charge in [0, 0.05) is 12.1 Å². The highest BCUT2D eigenvalue weighted by molar-refractivity contribution is 6.00. The van der Waals surface area contributed by atoms with Gasteiger partial charge in [-0.05, 0) is 23.1 Å². The molecule has 1 amide bonds. The maximum Gasteiger partial charge on any atom is 0.251 e. The molecule has 2 nitrogen and oxygen atoms in total. The van der Waals surface area contributed by atoms with Crippen LogP contribution in [-0.4, -0.2) is 12.5 Å². The molecule has 0 aliphatic heterocycles. The van der Waals surface area contributed by atoms with Gasteiger partial charge < -0.3 is 5.32 Å². The maximum atomic E-state index is 12.2. The van der Waals surface area contributed by atoms with Crippen LogP contribution < -0.4 is 5.32 Å². The Labute approximate surface area is 114 Å². The van der Waals surface area contributed by atoms with Gasteiger partial charge in [-0.1, -0.05) is 62.4 Å². The summed E-state index contributed by atoms with van der Waals surface area (Å²) < 4.78 is 0. The van der Waals surface area contributed by atoms with Crippen LogP contribution in [0.1, 0.15) is 24.2 Å². The first-order valence-electron chi connectivity index (χ1n) is 6.61. The molecule has 0 saturated carbocycles. The van der Waals surface area contributed by atoms with Gasteiger partial charge in [0.15, 0.2) is 0 Å². The SMILES string of the molecule is CC(C)CNC(=O)c1ccccc1-c1ccccc1. The Morgan fingerprint density at radius 1 is 1.00 bits per heavy atom. The number of carbonyl (C=O) groups excluding carboxylic acids is 1. The molecule has 0 spiro atoms. The monoisotopic (exact) mass is 253 g/mol. The molecular formula is C17H19NO. The van der Waals surface area contributed by atoms with Crippen LogP contribution in [0.4, 0.5) is 0 Å². The van der Waals surface area contributed by atoms with Gasteiger partial charge in [-0.3, -0.25) is 4.79 Å². The predicted molar refractivity (Wildman–Crippen MR) is 79.0 cm³/mol. The zero-order valence-corrected chi connectivity index (χ0v) is 11.4. The van der Waals surface area contributed by atoms with Crippen molar-refractivity contribution in [3.63, 3.8) is 0 Å². The van der Waals surface area contributed by atoms with E-state index in [9.17, 15) is 4.79 Å². The molecule has 0 aliphatic rings. The highest BCUT2D eigenvalue weighted by atomic mass is 16.1. The van der Waals surface area contributed by atoms with Gasteiger partial charge in [0.25, 0.3) is 5.91 Å². The Balaban J connectivity index is 2.29. The van der Waals surface area contributed by atoms with Crippen LogP contribution in [0.15, 0.2) is 54.6 Å². The van der Waals surface area contributed by atoms with Crippen molar-refractivity contribution in [2.45, 2.75) is 13.8 Å². The standard InChI is InChI=1S/C17H19NO/c1-13(2)12-18-17(19)16-11-7-6-10-15(16)14-8-4-3-5-9-14/h3-11,13H,12H2,1-2H3,(H,18,19). The largest absolute Gasteiger partial charge is 0.352 e. The van der Waals surface area contributed by atoms with E-state index in [1.807, 2.05) is 54.6 Å². The Hall–Kier alpha value is -2.09. The fraction of sp³-hybridized carbons (Fsp3) is 0.235. The highest BCUT2D eigenvalue weighted by Gasteiger charge is 2.11. The molecule has 2 aromatic rings. The molecule has 2 aromatic carbocycles. The zero-order chi connectivity index (χ0) is 13.7. The average molecular weight is 253 g/mol. The molecule has 19 heavy (non-hydrogen) atoms. The summed E-state index contributed by atoms with van der Waals surface area (Å²) >= 11 is 0. The molecule has 0 radical (unpaired) electrons. The van der Waals surface area contributed by atoms with Gasteiger partial charge >= 0.3 is 0 Å². The molecule has 2 rings (SSSR count). The minimum atomic E-state index is -0.00634. The van der Waals surface area contributed by atoms with Crippen molar-refractivity contribution in [2.75, 3.05) is 6.54 Å². The summed E-state index contributed by atoms with van der Waals surface area (Å²) in [5.41, 5.74) is 2.77. The van der Waals surface area contributed by atoms with Crippen molar-refractivity contribution in [1.29, 1.82) is 0 Å². The predicted octanol–water partition coefficient (Wildman–Crippen LogP) is 3.74. The fourth-order valence-electron chi connectivity index (χ4n) is 1.94. The molecule has 0 aromatic heterocycles. The van der Waals surface area contributed by atoms with Crippen molar-refractivity contribution in [3.8, 4) is 11.1 Å². The number of hydrogen-bond donors (Lipinski definition) is 1. The third-order valence-corrected chi connectivity index (χ3v) is 2.93. The third-order valence-electron chi connectivity index (χ3n) is 2.93. The number of amides is 1. The Morgan fingerprint density at radius 2 is 1.63 bits per heavy atom. The van der Waals surface area contributed by atoms with Gasteiger partial charge in [-0.2, -0.15) is 0 Å². The molecule has 0 saturated heterocycles. The Bertz CT molecular complexity index is 546. The van der Waals surface area contributed by atoms with Gasteiger partial charge in [0.2, 0.25) is 0 Å². The van der Waals surface area contributed by atoms with E-state index in [-0.39, 0.29) is 5.91 Å². The lowest BCUT2D eigenvalue weighted by molar-refractivity contribution is 0.0949. The van der Waals surface area contributed by atoms with Crippen molar-refractivity contribution >= 4 is 5.91 Å². The van der Waals surface area contributed by atoms with E-state index < -0.39 is 0 Å². The number of benzene rings is 2. The average Bonchev–Trinajstić information content (AvgIpc) is 2.45. The lowest BCUT2D eigenvalue weighted by Gasteiger charge is -2.11. The molecule has 98 valence electrons. The smallest absolute Gasteiger partial charge is 0.251 e. The first-order valence-corrected chi connectivity index (χ1v) is 6.61. The van der Waals surface area contributed by atoms with Crippen molar-refractivity contribution in [1.82, 2.24) is 5.32 Å². The quantitative estimate of drug-likeness (QED) is 0.883. The van der Waals surface area contributed by atoms with E-state index in [1.165, 1.54) is 0 Å². The van der Waals surface area contributed by atoms with Crippen molar-refractivity contribution < 1.29 is 4.79 Å². The lowest BCUT2D eigenvalue weighted by Crippen LogP contribution is -2.27. The third kappa shape index (κ3) is 3.44. The second-order valence-electron chi connectivity index (χ2n) is 5.02. The topological polar surface area (TPSA) is 29.1 Å². The summed E-state index contributed by atoms with van der Waals surface area (Å²) in [7, 11) is 0. The van der Waals surface area contributed by atoms with Gasteiger partial charge in [0.1, 0.15) is 0 Å². The van der Waals surface area contributed by atoms with Crippen LogP contribution in [0.5, 0.6) is 0 Å². The molecule has 0 aliphatic carbocycles. The van der Waals surface area contributed by atoms with Gasteiger partial charge in [-0.15, -0.1) is 0 Å². The van der Waals surface area contributed by atoms with Gasteiger partial charge in [0.05, 0.1) is 0 Å². The first-order chi connectivity index (χ1) is 9.18. The van der Waals surface area contributed by atoms with Crippen LogP contribution in [-0.2, 0) is 0 Å². The van der Waals surface area contributed by atoms with E-state index in [2.05, 4.69) is 19.2 Å². The fourth-order valence-corrected chi connectivity index (χ4v) is 1.94. The van der Waals surface area contributed by atoms with E-state index >= 15 is 0 Å². The van der Waals surface area contributed by atoms with E-state index in [1.54, 1.807) is 0 Å². The van der Waals surface area contributed by atoms with E-state index in [0.717, 1.165) is 16.7 Å². The second-order valence-corrected chi connectivity index (χ2v) is 5.02. The van der Waals surface area contributed by atoms with Crippen LogP contribution in [0.3, 0.4) is 0 Å². The number of nitrogens with one attached hydrogen (secondary N) is 1. The summed E-state index contributed by atoms with van der Waals surface area (Å²) in [6.45, 7) is 4.87. The molecule has 2 heteroatoms. The molecule has 0 fully saturated rings. The van der Waals surface area contributed by atoms with Crippen LogP contribution in [0.25, 0.3) is 11.1 Å². The molecule has 0 heterocycles. The molecule has 0 unspecified atom stereocenters. The highest BCUT2D eigenvalue weighted by Crippen LogP contribution is 2.23. The zero-order valence-electron chi connectivity index (χ0n) is 11.4. The summed E-state index contributed by atoms with van der Waals surface area (Å²) in [4.78, 5) is 12.2. The summed E-state index contributed by atoms with van der Waals surface area (Å²) in [6, 6.07) is 17.7. The first kappa shape index (κ1) is 13.3. The van der Waals surface area contributed by atoms with Crippen molar-refractivity contribution in [2.24, 2.45) is 5.92 Å². The summed E-state index contributed by atoms with van der Waals surface area (Å²) in [6.07, 6.45) is 0. The minimum Gasteiger partial charge on any atom is -0.352 e. The second kappa shape index (κ2) is 6.19. The van der Waals surface area contributed by atoms with Gasteiger partial charge in [-0.25, -0.2) is 0 Å². The Kier molecular flexibility index (Phi) is 4.35. The van der Waals surface area contributed by atoms with Crippen LogP contribution in [0, 0.1) is 5.92 Å². The van der Waals surface area contributed by atoms with Crippen molar-refractivity contribution in [3.05, 3.63) is 60.2 Å². The maximum absolute atomic E-state index is 12.2. The molecule has 1 N–H and O–H groups in total. The van der Waals surface area contributed by atoms with Crippen LogP contribution >= 0.6 is 0 Å². The normalized spacial score (nSPS) is 10.5. The minimum absolute atomic E-state index is 0.00634. The molecular weight excluding hydrogens is 234 g/mol. The van der Waals surface area contributed by atoms with Crippen LogP contribution in [0.2, 0.25) is 0 Å². The summed E-state index contributed by atoms with van der Waals surface area (Å²) in [5.74, 6) is 0.445. The number of carbonyl (C=O) groups is 1. The Morgan fingerprint density at radius 3 is 2.32 bits per heavy atom. The van der Waals surface area contributed by atoms with E-state index in [0.29, 0.717) is 12.5 Å². The summed E-state index contributed by atoms with van der Waals surface area (Å²) in [5, 5.41) is 2.97. The number of hydrogen-bond acceptors (Lipinski definition) is 1. The number of rotatable bonds is 4. The lowest BCUT2D eigenvalue weighted by atomic mass is 9.99. The molecule has 0 atom stereocenters. The molecule has 0 bridgehead atoms. The van der Waals surface area contributed by atoms with E-state index in [4.69, 9.17) is 0 Å².